The zero-order valence-corrected chi connectivity index (χ0v) is 12.9. The predicted molar refractivity (Wildman–Crippen MR) is 75.9 cm³/mol. The maximum absolute atomic E-state index is 11.9. The lowest BCUT2D eigenvalue weighted by atomic mass is 10.0. The van der Waals surface area contributed by atoms with Crippen molar-refractivity contribution < 1.29 is 24.6 Å². The molecule has 0 aromatic heterocycles. The first-order valence-electron chi connectivity index (χ1n) is 7.01. The summed E-state index contributed by atoms with van der Waals surface area (Å²) in [6.07, 6.45) is 0.176. The Labute approximate surface area is 124 Å². The van der Waals surface area contributed by atoms with Crippen molar-refractivity contribution in [1.82, 2.24) is 10.6 Å². The van der Waals surface area contributed by atoms with Gasteiger partial charge in [-0.25, -0.2) is 9.59 Å². The van der Waals surface area contributed by atoms with Gasteiger partial charge in [-0.3, -0.25) is 4.79 Å². The number of rotatable bonds is 7. The van der Waals surface area contributed by atoms with Crippen molar-refractivity contribution in [2.45, 2.75) is 59.0 Å². The van der Waals surface area contributed by atoms with E-state index in [4.69, 9.17) is 10.2 Å². The molecule has 2 amide bonds. The number of hydrogen-bond acceptors (Lipinski definition) is 3. The monoisotopic (exact) mass is 300 g/mol. The molecule has 4 N–H and O–H groups in total. The Morgan fingerprint density at radius 1 is 1.10 bits per heavy atom. The number of amides is 2. The van der Waals surface area contributed by atoms with Gasteiger partial charge in [0.15, 0.2) is 0 Å². The third kappa shape index (κ3) is 3.86. The fourth-order valence-electron chi connectivity index (χ4n) is 2.60. The van der Waals surface area contributed by atoms with Crippen LogP contribution in [-0.4, -0.2) is 40.3 Å². The highest BCUT2D eigenvalue weighted by atomic mass is 16.4. The van der Waals surface area contributed by atoms with Gasteiger partial charge in [-0.15, -0.1) is 0 Å². The van der Waals surface area contributed by atoms with Crippen molar-refractivity contribution in [3.63, 3.8) is 0 Å². The second-order valence-electron chi connectivity index (χ2n) is 6.67. The maximum Gasteiger partial charge on any atom is 0.326 e. The summed E-state index contributed by atoms with van der Waals surface area (Å²) >= 11 is 0. The van der Waals surface area contributed by atoms with Crippen molar-refractivity contribution in [3.05, 3.63) is 0 Å². The molecule has 0 aromatic carbocycles. The second-order valence-corrected chi connectivity index (χ2v) is 6.67. The molecule has 1 aliphatic carbocycles. The van der Waals surface area contributed by atoms with Crippen LogP contribution < -0.4 is 10.6 Å². The highest BCUT2D eigenvalue weighted by Crippen LogP contribution is 2.62. The minimum atomic E-state index is -1.16. The number of urea groups is 1. The summed E-state index contributed by atoms with van der Waals surface area (Å²) in [5.41, 5.74) is -0.0707. The van der Waals surface area contributed by atoms with Crippen molar-refractivity contribution in [3.8, 4) is 0 Å². The van der Waals surface area contributed by atoms with Crippen LogP contribution in [0.5, 0.6) is 0 Å². The number of carboxylic acid groups (broad SMARTS) is 2. The van der Waals surface area contributed by atoms with Crippen LogP contribution in [0.3, 0.4) is 0 Å². The molecule has 0 heterocycles. The first kappa shape index (κ1) is 17.3. The van der Waals surface area contributed by atoms with Gasteiger partial charge in [0.25, 0.3) is 0 Å². The van der Waals surface area contributed by atoms with Crippen LogP contribution in [-0.2, 0) is 9.59 Å². The van der Waals surface area contributed by atoms with Crippen molar-refractivity contribution in [2.24, 2.45) is 10.8 Å². The molecular weight excluding hydrogens is 276 g/mol. The molecule has 0 bridgehead atoms. The SMILES string of the molecule is CC1(C)C(NC(=O)N[C@H](CCCC(=O)O)C(=O)O)C1(C)C. The van der Waals surface area contributed by atoms with E-state index in [0.717, 1.165) is 0 Å². The van der Waals surface area contributed by atoms with Gasteiger partial charge in [0, 0.05) is 12.5 Å². The van der Waals surface area contributed by atoms with E-state index in [-0.39, 0.29) is 36.1 Å². The van der Waals surface area contributed by atoms with E-state index < -0.39 is 24.0 Å². The second kappa shape index (κ2) is 5.91. The summed E-state index contributed by atoms with van der Waals surface area (Å²) in [5.74, 6) is -2.14. The number of aliphatic carboxylic acids is 2. The Morgan fingerprint density at radius 3 is 2.00 bits per heavy atom. The molecule has 0 radical (unpaired) electrons. The van der Waals surface area contributed by atoms with E-state index in [1.165, 1.54) is 0 Å². The molecule has 1 rings (SSSR count). The molecule has 120 valence electrons. The van der Waals surface area contributed by atoms with Crippen molar-refractivity contribution >= 4 is 18.0 Å². The van der Waals surface area contributed by atoms with Crippen molar-refractivity contribution in [1.29, 1.82) is 0 Å². The highest BCUT2D eigenvalue weighted by Gasteiger charge is 2.65. The van der Waals surface area contributed by atoms with Gasteiger partial charge in [-0.05, 0) is 23.7 Å². The van der Waals surface area contributed by atoms with Gasteiger partial charge in [-0.1, -0.05) is 27.7 Å². The standard InChI is InChI=1S/C14H24N2O5/c1-13(2)11(14(13,3)4)16-12(21)15-8(10(19)20)6-5-7-9(17)18/h8,11H,5-7H2,1-4H3,(H,17,18)(H,19,20)(H2,15,16,21)/t8-/m1/s1. The van der Waals surface area contributed by atoms with E-state index in [2.05, 4.69) is 10.6 Å². The van der Waals surface area contributed by atoms with Crippen LogP contribution in [0.4, 0.5) is 4.79 Å². The van der Waals surface area contributed by atoms with Gasteiger partial charge in [-0.2, -0.15) is 0 Å². The number of carbonyl (C=O) groups is 3. The van der Waals surface area contributed by atoms with E-state index >= 15 is 0 Å². The normalized spacial score (nSPS) is 20.4. The number of nitrogens with one attached hydrogen (secondary N) is 2. The molecule has 0 unspecified atom stereocenters. The molecule has 1 atom stereocenters. The molecule has 0 aliphatic heterocycles. The number of hydrogen-bond donors (Lipinski definition) is 4. The lowest BCUT2D eigenvalue weighted by molar-refractivity contribution is -0.140. The summed E-state index contributed by atoms with van der Waals surface area (Å²) < 4.78 is 0. The maximum atomic E-state index is 11.9. The smallest absolute Gasteiger partial charge is 0.326 e. The van der Waals surface area contributed by atoms with Gasteiger partial charge in [0.2, 0.25) is 0 Å². The van der Waals surface area contributed by atoms with E-state index in [0.29, 0.717) is 0 Å². The lowest BCUT2D eigenvalue weighted by Gasteiger charge is -2.15. The molecular formula is C14H24N2O5. The third-order valence-corrected chi connectivity index (χ3v) is 4.78. The van der Waals surface area contributed by atoms with Gasteiger partial charge in [0.05, 0.1) is 0 Å². The van der Waals surface area contributed by atoms with Crippen LogP contribution in [0.25, 0.3) is 0 Å². The summed E-state index contributed by atoms with van der Waals surface area (Å²) in [4.78, 5) is 33.4. The zero-order valence-electron chi connectivity index (χ0n) is 12.9. The van der Waals surface area contributed by atoms with E-state index in [1.807, 2.05) is 27.7 Å². The average Bonchev–Trinajstić information content (AvgIpc) is 2.69. The van der Waals surface area contributed by atoms with Crippen LogP contribution in [0, 0.1) is 10.8 Å². The molecule has 1 aliphatic rings. The van der Waals surface area contributed by atoms with E-state index in [1.54, 1.807) is 0 Å². The van der Waals surface area contributed by atoms with Gasteiger partial charge in [0.1, 0.15) is 6.04 Å². The quantitative estimate of drug-likeness (QED) is 0.567. The van der Waals surface area contributed by atoms with Gasteiger partial charge >= 0.3 is 18.0 Å². The number of carbonyl (C=O) groups excluding carboxylic acids is 1. The molecule has 0 spiro atoms. The van der Waals surface area contributed by atoms with Crippen molar-refractivity contribution in [2.75, 3.05) is 0 Å². The minimum Gasteiger partial charge on any atom is -0.481 e. The minimum absolute atomic E-state index is 0.0153. The molecule has 7 heteroatoms. The Balaban J connectivity index is 2.47. The summed E-state index contributed by atoms with van der Waals surface area (Å²) in [6.45, 7) is 8.16. The van der Waals surface area contributed by atoms with Crippen LogP contribution in [0.15, 0.2) is 0 Å². The fourth-order valence-corrected chi connectivity index (χ4v) is 2.60. The van der Waals surface area contributed by atoms with Crippen LogP contribution in [0.2, 0.25) is 0 Å². The lowest BCUT2D eigenvalue weighted by Crippen LogP contribution is -2.47. The largest absolute Gasteiger partial charge is 0.481 e. The molecule has 0 saturated heterocycles. The van der Waals surface area contributed by atoms with Gasteiger partial charge < -0.3 is 20.8 Å². The van der Waals surface area contributed by atoms with Crippen LogP contribution in [0.1, 0.15) is 47.0 Å². The summed E-state index contributed by atoms with van der Waals surface area (Å²) in [6, 6.07) is -1.62. The Hall–Kier alpha value is -1.79. The summed E-state index contributed by atoms with van der Waals surface area (Å²) in [5, 5.41) is 22.8. The summed E-state index contributed by atoms with van der Waals surface area (Å²) in [7, 11) is 0. The number of carboxylic acids is 2. The zero-order chi connectivity index (χ0) is 16.4. The first-order chi connectivity index (χ1) is 9.50. The first-order valence-corrected chi connectivity index (χ1v) is 7.01. The highest BCUT2D eigenvalue weighted by molar-refractivity contribution is 5.83. The fraction of sp³-hybridized carbons (Fsp3) is 0.786. The predicted octanol–water partition coefficient (Wildman–Crippen LogP) is 1.43. The molecule has 1 fully saturated rings. The topological polar surface area (TPSA) is 116 Å². The Kier molecular flexibility index (Phi) is 4.86. The molecule has 0 aromatic rings. The molecule has 21 heavy (non-hydrogen) atoms. The van der Waals surface area contributed by atoms with E-state index in [9.17, 15) is 14.4 Å². The molecule has 1 saturated carbocycles. The van der Waals surface area contributed by atoms with Crippen LogP contribution >= 0.6 is 0 Å². The average molecular weight is 300 g/mol. The molecule has 7 nitrogen and oxygen atoms in total. The Morgan fingerprint density at radius 2 is 1.62 bits per heavy atom. The third-order valence-electron chi connectivity index (χ3n) is 4.78. The Bertz CT molecular complexity index is 431.